The molecule has 0 saturated carbocycles. The maximum atomic E-state index is 11.8. The lowest BCUT2D eigenvalue weighted by atomic mass is 10.0. The third kappa shape index (κ3) is 2.32. The molecule has 0 aliphatic rings. The highest BCUT2D eigenvalue weighted by Crippen LogP contribution is 2.17. The normalized spacial score (nSPS) is 10.8. The maximum Gasteiger partial charge on any atom is 0.272 e. The molecule has 0 saturated heterocycles. The smallest absolute Gasteiger partial charge is 0.272 e. The number of rotatable bonds is 4. The van der Waals surface area contributed by atoms with Crippen LogP contribution in [0.25, 0.3) is 10.9 Å². The van der Waals surface area contributed by atoms with Gasteiger partial charge in [0.2, 0.25) is 0 Å². The predicted octanol–water partition coefficient (Wildman–Crippen LogP) is 2.65. The van der Waals surface area contributed by atoms with Crippen LogP contribution in [0.5, 0.6) is 5.75 Å². The quantitative estimate of drug-likeness (QED) is 0.764. The molecule has 0 radical (unpaired) electrons. The van der Waals surface area contributed by atoms with E-state index in [0.29, 0.717) is 0 Å². The molecule has 0 unspecified atom stereocenters. The van der Waals surface area contributed by atoms with E-state index in [0.717, 1.165) is 35.1 Å². The van der Waals surface area contributed by atoms with Gasteiger partial charge in [-0.15, -0.1) is 0 Å². The van der Waals surface area contributed by atoms with Crippen molar-refractivity contribution < 1.29 is 4.74 Å². The number of H-pyrrole nitrogens is 2. The van der Waals surface area contributed by atoms with Crippen LogP contribution < -0.4 is 10.3 Å². The van der Waals surface area contributed by atoms with Crippen molar-refractivity contribution >= 4 is 10.9 Å². The number of hydrogen-bond donors (Lipinski definition) is 2. The Morgan fingerprint density at radius 1 is 1.00 bits per heavy atom. The molecule has 3 aromatic rings. The zero-order chi connectivity index (χ0) is 13.9. The van der Waals surface area contributed by atoms with Crippen LogP contribution in [0.3, 0.4) is 0 Å². The Morgan fingerprint density at radius 3 is 2.55 bits per heavy atom. The highest BCUT2D eigenvalue weighted by Gasteiger charge is 2.06. The Bertz CT molecular complexity index is 769. The molecule has 0 aliphatic carbocycles. The van der Waals surface area contributed by atoms with Crippen LogP contribution in [0.4, 0.5) is 0 Å². The van der Waals surface area contributed by atoms with Crippen LogP contribution in [0.2, 0.25) is 0 Å². The van der Waals surface area contributed by atoms with Crippen molar-refractivity contribution in [3.63, 3.8) is 0 Å². The van der Waals surface area contributed by atoms with Crippen molar-refractivity contribution in [3.05, 3.63) is 63.9 Å². The second-order valence-electron chi connectivity index (χ2n) is 4.77. The molecule has 0 spiro atoms. The molecule has 0 fully saturated rings. The van der Waals surface area contributed by atoms with Gasteiger partial charge in [0, 0.05) is 0 Å². The highest BCUT2D eigenvalue weighted by atomic mass is 16.5. The van der Waals surface area contributed by atoms with Gasteiger partial charge < -0.3 is 4.74 Å². The molecule has 102 valence electrons. The summed E-state index contributed by atoms with van der Waals surface area (Å²) < 4.78 is 5.15. The van der Waals surface area contributed by atoms with E-state index in [1.807, 2.05) is 30.3 Å². The summed E-state index contributed by atoms with van der Waals surface area (Å²) in [6.45, 7) is 0. The molecule has 1 heterocycles. The first-order chi connectivity index (χ1) is 9.78. The van der Waals surface area contributed by atoms with Gasteiger partial charge in [0.05, 0.1) is 18.0 Å². The van der Waals surface area contributed by atoms with Gasteiger partial charge in [-0.05, 0) is 42.2 Å². The van der Waals surface area contributed by atoms with Crippen LogP contribution in [-0.2, 0) is 12.8 Å². The second-order valence-corrected chi connectivity index (χ2v) is 4.77. The Balaban J connectivity index is 1.82. The number of aryl methyl sites for hydroxylation is 2. The fourth-order valence-corrected chi connectivity index (χ4v) is 2.44. The van der Waals surface area contributed by atoms with Crippen molar-refractivity contribution in [1.29, 1.82) is 0 Å². The average Bonchev–Trinajstić information content (AvgIpc) is 2.88. The van der Waals surface area contributed by atoms with Gasteiger partial charge in [-0.25, -0.2) is 0 Å². The molecule has 20 heavy (non-hydrogen) atoms. The minimum atomic E-state index is -0.0506. The first-order valence-electron chi connectivity index (χ1n) is 6.59. The fraction of sp³-hybridized carbons (Fsp3) is 0.188. The van der Waals surface area contributed by atoms with Gasteiger partial charge >= 0.3 is 0 Å². The topological polar surface area (TPSA) is 57.9 Å². The fourth-order valence-electron chi connectivity index (χ4n) is 2.44. The number of fused-ring (bicyclic) bond motifs is 1. The zero-order valence-corrected chi connectivity index (χ0v) is 11.3. The standard InChI is InChI=1S/C16H16N2O2/c1-20-13-9-6-11(7-10-13)5-8-12-3-2-4-14-15(12)16(19)18-17-14/h2-4,6-7,9-10H,5,8H2,1H3,(H2,17,18,19). The first-order valence-corrected chi connectivity index (χ1v) is 6.59. The second kappa shape index (κ2) is 5.25. The van der Waals surface area contributed by atoms with Crippen LogP contribution in [0, 0.1) is 0 Å². The number of benzene rings is 2. The van der Waals surface area contributed by atoms with E-state index >= 15 is 0 Å². The van der Waals surface area contributed by atoms with Gasteiger partial charge in [0.1, 0.15) is 5.75 Å². The van der Waals surface area contributed by atoms with Crippen molar-refractivity contribution in [3.8, 4) is 5.75 Å². The number of ether oxygens (including phenoxy) is 1. The van der Waals surface area contributed by atoms with Gasteiger partial charge in [-0.3, -0.25) is 15.0 Å². The Labute approximate surface area is 116 Å². The van der Waals surface area contributed by atoms with Crippen molar-refractivity contribution in [2.45, 2.75) is 12.8 Å². The van der Waals surface area contributed by atoms with E-state index in [2.05, 4.69) is 22.3 Å². The summed E-state index contributed by atoms with van der Waals surface area (Å²) >= 11 is 0. The summed E-state index contributed by atoms with van der Waals surface area (Å²) in [5.74, 6) is 0.859. The lowest BCUT2D eigenvalue weighted by molar-refractivity contribution is 0.414. The van der Waals surface area contributed by atoms with E-state index in [1.165, 1.54) is 5.56 Å². The molecule has 3 rings (SSSR count). The van der Waals surface area contributed by atoms with Crippen LogP contribution in [0.1, 0.15) is 11.1 Å². The third-order valence-corrected chi connectivity index (χ3v) is 3.53. The maximum absolute atomic E-state index is 11.8. The Hall–Kier alpha value is -2.49. The van der Waals surface area contributed by atoms with Crippen molar-refractivity contribution in [2.75, 3.05) is 7.11 Å². The first kappa shape index (κ1) is 12.5. The average molecular weight is 268 g/mol. The zero-order valence-electron chi connectivity index (χ0n) is 11.3. The Kier molecular flexibility index (Phi) is 3.29. The molecule has 2 N–H and O–H groups in total. The number of aromatic amines is 2. The van der Waals surface area contributed by atoms with Gasteiger partial charge in [-0.1, -0.05) is 24.3 Å². The van der Waals surface area contributed by atoms with Crippen molar-refractivity contribution in [1.82, 2.24) is 10.2 Å². The van der Waals surface area contributed by atoms with Crippen LogP contribution in [0.15, 0.2) is 47.3 Å². The molecular weight excluding hydrogens is 252 g/mol. The SMILES string of the molecule is COc1ccc(CCc2cccc3[nH][nH]c(=O)c23)cc1. The number of nitrogens with one attached hydrogen (secondary N) is 2. The molecule has 1 aromatic heterocycles. The molecule has 2 aromatic carbocycles. The summed E-state index contributed by atoms with van der Waals surface area (Å²) in [6.07, 6.45) is 1.73. The molecule has 0 aliphatic heterocycles. The van der Waals surface area contributed by atoms with E-state index in [-0.39, 0.29) is 5.56 Å². The summed E-state index contributed by atoms with van der Waals surface area (Å²) in [6, 6.07) is 13.9. The largest absolute Gasteiger partial charge is 0.497 e. The van der Waals surface area contributed by atoms with E-state index < -0.39 is 0 Å². The molecular formula is C16H16N2O2. The van der Waals surface area contributed by atoms with Crippen LogP contribution in [-0.4, -0.2) is 17.3 Å². The van der Waals surface area contributed by atoms with Gasteiger partial charge in [0.25, 0.3) is 5.56 Å². The molecule has 0 amide bonds. The van der Waals surface area contributed by atoms with Gasteiger partial charge in [0.15, 0.2) is 0 Å². The van der Waals surface area contributed by atoms with E-state index in [1.54, 1.807) is 7.11 Å². The number of hydrogen-bond acceptors (Lipinski definition) is 2. The Morgan fingerprint density at radius 2 is 1.80 bits per heavy atom. The predicted molar refractivity (Wildman–Crippen MR) is 79.3 cm³/mol. The van der Waals surface area contributed by atoms with Crippen LogP contribution >= 0.6 is 0 Å². The lowest BCUT2D eigenvalue weighted by Gasteiger charge is -2.04. The summed E-state index contributed by atoms with van der Waals surface area (Å²) in [5, 5.41) is 6.29. The lowest BCUT2D eigenvalue weighted by Crippen LogP contribution is -2.02. The minimum absolute atomic E-state index is 0.0506. The van der Waals surface area contributed by atoms with Gasteiger partial charge in [-0.2, -0.15) is 0 Å². The summed E-state index contributed by atoms with van der Waals surface area (Å²) in [7, 11) is 1.66. The molecule has 4 heteroatoms. The number of aromatic nitrogens is 2. The monoisotopic (exact) mass is 268 g/mol. The summed E-state index contributed by atoms with van der Waals surface area (Å²) in [5.41, 5.74) is 3.11. The van der Waals surface area contributed by atoms with E-state index in [4.69, 9.17) is 4.74 Å². The summed E-state index contributed by atoms with van der Waals surface area (Å²) in [4.78, 5) is 11.8. The van der Waals surface area contributed by atoms with E-state index in [9.17, 15) is 4.79 Å². The highest BCUT2D eigenvalue weighted by molar-refractivity contribution is 5.81. The molecule has 4 nitrogen and oxygen atoms in total. The van der Waals surface area contributed by atoms with Crippen molar-refractivity contribution in [2.24, 2.45) is 0 Å². The third-order valence-electron chi connectivity index (χ3n) is 3.53. The molecule has 0 atom stereocenters. The minimum Gasteiger partial charge on any atom is -0.497 e. The molecule has 0 bridgehead atoms. The number of methoxy groups -OCH3 is 1.